The number of fused-ring (bicyclic) bond motifs is 1. The minimum atomic E-state index is -0.270. The zero-order chi connectivity index (χ0) is 24.5. The Balaban J connectivity index is 1.26. The lowest BCUT2D eigenvalue weighted by Gasteiger charge is -2.25. The summed E-state index contributed by atoms with van der Waals surface area (Å²) in [4.78, 5) is 33.3. The highest BCUT2D eigenvalue weighted by molar-refractivity contribution is 5.98. The predicted octanol–water partition coefficient (Wildman–Crippen LogP) is 3.99. The molecule has 0 radical (unpaired) electrons. The molecule has 0 saturated carbocycles. The fourth-order valence-corrected chi connectivity index (χ4v) is 5.72. The molecule has 2 aliphatic heterocycles. The summed E-state index contributed by atoms with van der Waals surface area (Å²) in [7, 11) is 0. The lowest BCUT2D eigenvalue weighted by atomic mass is 9.95. The second-order valence-electron chi connectivity index (χ2n) is 9.99. The van der Waals surface area contributed by atoms with Crippen molar-refractivity contribution >= 4 is 17.5 Å². The molecule has 35 heavy (non-hydrogen) atoms. The molecular formula is C29H32N4O2. The van der Waals surface area contributed by atoms with Gasteiger partial charge < -0.3 is 15.5 Å². The van der Waals surface area contributed by atoms with E-state index in [2.05, 4.69) is 45.1 Å². The molecule has 180 valence electrons. The SMILES string of the molecule is Cc1cc(-c2ccncc2)cc(C)c1C(=O)N1CC2CN(c3cccc(CCC(N)=O)c3)CC2C1. The average Bonchev–Trinajstić information content (AvgIpc) is 3.43. The summed E-state index contributed by atoms with van der Waals surface area (Å²) in [5.41, 5.74) is 12.7. The van der Waals surface area contributed by atoms with E-state index >= 15 is 0 Å². The van der Waals surface area contributed by atoms with Gasteiger partial charge in [-0.05, 0) is 72.4 Å². The van der Waals surface area contributed by atoms with Crippen LogP contribution in [-0.2, 0) is 11.2 Å². The van der Waals surface area contributed by atoms with Crippen molar-refractivity contribution in [1.29, 1.82) is 0 Å². The molecule has 5 rings (SSSR count). The van der Waals surface area contributed by atoms with Crippen molar-refractivity contribution in [3.8, 4) is 11.1 Å². The predicted molar refractivity (Wildman–Crippen MR) is 138 cm³/mol. The third-order valence-electron chi connectivity index (χ3n) is 7.47. The van der Waals surface area contributed by atoms with Crippen molar-refractivity contribution in [2.24, 2.45) is 17.6 Å². The van der Waals surface area contributed by atoms with Crippen molar-refractivity contribution in [1.82, 2.24) is 9.88 Å². The molecular weight excluding hydrogens is 436 g/mol. The largest absolute Gasteiger partial charge is 0.371 e. The van der Waals surface area contributed by atoms with Crippen LogP contribution in [0.1, 0.15) is 33.5 Å². The number of benzene rings is 2. The number of rotatable bonds is 6. The maximum Gasteiger partial charge on any atom is 0.254 e. The van der Waals surface area contributed by atoms with Gasteiger partial charge in [0.2, 0.25) is 5.91 Å². The van der Waals surface area contributed by atoms with Crippen LogP contribution in [0.2, 0.25) is 0 Å². The van der Waals surface area contributed by atoms with Gasteiger partial charge in [-0.3, -0.25) is 14.6 Å². The molecule has 3 aromatic rings. The number of anilines is 1. The lowest BCUT2D eigenvalue weighted by molar-refractivity contribution is -0.117. The number of nitrogens with two attached hydrogens (primary N) is 1. The molecule has 0 bridgehead atoms. The first kappa shape index (κ1) is 23.1. The summed E-state index contributed by atoms with van der Waals surface area (Å²) < 4.78 is 0. The number of hydrogen-bond donors (Lipinski definition) is 1. The number of carbonyl (C=O) groups excluding carboxylic acids is 2. The summed E-state index contributed by atoms with van der Waals surface area (Å²) in [6.45, 7) is 7.57. The molecule has 2 N–H and O–H groups in total. The maximum atomic E-state index is 13.6. The molecule has 6 heteroatoms. The molecule has 3 heterocycles. The van der Waals surface area contributed by atoms with E-state index in [-0.39, 0.29) is 11.8 Å². The number of primary amides is 1. The molecule has 2 aliphatic rings. The number of likely N-dealkylation sites (tertiary alicyclic amines) is 1. The minimum Gasteiger partial charge on any atom is -0.371 e. The van der Waals surface area contributed by atoms with E-state index in [0.717, 1.165) is 59.6 Å². The smallest absolute Gasteiger partial charge is 0.254 e. The minimum absolute atomic E-state index is 0.149. The quantitative estimate of drug-likeness (QED) is 0.593. The van der Waals surface area contributed by atoms with Crippen LogP contribution in [0.25, 0.3) is 11.1 Å². The Kier molecular flexibility index (Phi) is 6.29. The molecule has 0 spiro atoms. The Morgan fingerprint density at radius 3 is 2.20 bits per heavy atom. The van der Waals surface area contributed by atoms with E-state index < -0.39 is 0 Å². The number of carbonyl (C=O) groups is 2. The first-order valence-corrected chi connectivity index (χ1v) is 12.3. The van der Waals surface area contributed by atoms with E-state index in [1.54, 1.807) is 12.4 Å². The number of hydrogen-bond acceptors (Lipinski definition) is 4. The van der Waals surface area contributed by atoms with E-state index in [4.69, 9.17) is 5.73 Å². The number of nitrogens with zero attached hydrogens (tertiary/aromatic N) is 3. The van der Waals surface area contributed by atoms with E-state index in [9.17, 15) is 9.59 Å². The maximum absolute atomic E-state index is 13.6. The monoisotopic (exact) mass is 468 g/mol. The highest BCUT2D eigenvalue weighted by Crippen LogP contribution is 2.36. The zero-order valence-electron chi connectivity index (χ0n) is 20.4. The van der Waals surface area contributed by atoms with Crippen LogP contribution >= 0.6 is 0 Å². The molecule has 1 aromatic heterocycles. The topological polar surface area (TPSA) is 79.5 Å². The Morgan fingerprint density at radius 2 is 1.57 bits per heavy atom. The van der Waals surface area contributed by atoms with Crippen LogP contribution in [-0.4, -0.2) is 47.9 Å². The summed E-state index contributed by atoms with van der Waals surface area (Å²) in [6.07, 6.45) is 4.63. The van der Waals surface area contributed by atoms with Crippen molar-refractivity contribution in [3.05, 3.63) is 83.2 Å². The van der Waals surface area contributed by atoms with Crippen molar-refractivity contribution in [3.63, 3.8) is 0 Å². The third-order valence-corrected chi connectivity index (χ3v) is 7.47. The van der Waals surface area contributed by atoms with Crippen molar-refractivity contribution in [2.45, 2.75) is 26.7 Å². The van der Waals surface area contributed by atoms with Crippen LogP contribution in [0.3, 0.4) is 0 Å². The third kappa shape index (κ3) is 4.78. The highest BCUT2D eigenvalue weighted by Gasteiger charge is 2.42. The van der Waals surface area contributed by atoms with Gasteiger partial charge in [0.05, 0.1) is 0 Å². The Bertz CT molecular complexity index is 1220. The van der Waals surface area contributed by atoms with Gasteiger partial charge in [0.15, 0.2) is 0 Å². The molecule has 2 fully saturated rings. The normalized spacial score (nSPS) is 19.1. The molecule has 2 unspecified atom stereocenters. The zero-order valence-corrected chi connectivity index (χ0v) is 20.4. The van der Waals surface area contributed by atoms with Gasteiger partial charge in [0.25, 0.3) is 5.91 Å². The molecule has 2 amide bonds. The average molecular weight is 469 g/mol. The number of aryl methyl sites for hydroxylation is 3. The van der Waals surface area contributed by atoms with Crippen LogP contribution in [0.15, 0.2) is 60.9 Å². The van der Waals surface area contributed by atoms with Gasteiger partial charge in [0.1, 0.15) is 0 Å². The van der Waals surface area contributed by atoms with Gasteiger partial charge >= 0.3 is 0 Å². The lowest BCUT2D eigenvalue weighted by Crippen LogP contribution is -2.34. The van der Waals surface area contributed by atoms with E-state index in [0.29, 0.717) is 24.7 Å². The van der Waals surface area contributed by atoms with Crippen LogP contribution in [0.4, 0.5) is 5.69 Å². The van der Waals surface area contributed by atoms with E-state index in [1.807, 2.05) is 32.0 Å². The summed E-state index contributed by atoms with van der Waals surface area (Å²) in [5.74, 6) is 0.832. The fraction of sp³-hybridized carbons (Fsp3) is 0.345. The molecule has 2 saturated heterocycles. The second-order valence-corrected chi connectivity index (χ2v) is 9.99. The van der Waals surface area contributed by atoms with Crippen LogP contribution in [0, 0.1) is 25.7 Å². The van der Waals surface area contributed by atoms with Crippen LogP contribution in [0.5, 0.6) is 0 Å². The Hall–Kier alpha value is -3.67. The second kappa shape index (κ2) is 9.53. The summed E-state index contributed by atoms with van der Waals surface area (Å²) in [6, 6.07) is 16.6. The van der Waals surface area contributed by atoms with Gasteiger partial charge in [-0.15, -0.1) is 0 Å². The van der Waals surface area contributed by atoms with Crippen molar-refractivity contribution in [2.75, 3.05) is 31.1 Å². The highest BCUT2D eigenvalue weighted by atomic mass is 16.2. The Labute approximate surface area is 206 Å². The number of aromatic nitrogens is 1. The first-order valence-electron chi connectivity index (χ1n) is 12.3. The Morgan fingerprint density at radius 1 is 0.914 bits per heavy atom. The standard InChI is InChI=1S/C29H32N4O2/c1-19-12-23(22-8-10-31-11-9-22)13-20(2)28(19)29(35)33-17-24-15-32(16-25(24)18-33)26-5-3-4-21(14-26)6-7-27(30)34/h3-5,8-14,24-25H,6-7,15-18H2,1-2H3,(H2,30,34). The molecule has 6 nitrogen and oxygen atoms in total. The molecule has 2 atom stereocenters. The number of pyridine rings is 1. The van der Waals surface area contributed by atoms with Gasteiger partial charge in [-0.2, -0.15) is 0 Å². The molecule has 2 aromatic carbocycles. The molecule has 0 aliphatic carbocycles. The fourth-order valence-electron chi connectivity index (χ4n) is 5.72. The summed E-state index contributed by atoms with van der Waals surface area (Å²) >= 11 is 0. The summed E-state index contributed by atoms with van der Waals surface area (Å²) in [5, 5.41) is 0. The van der Waals surface area contributed by atoms with Crippen LogP contribution < -0.4 is 10.6 Å². The van der Waals surface area contributed by atoms with Gasteiger partial charge in [0, 0.05) is 68.1 Å². The first-order chi connectivity index (χ1) is 16.9. The van der Waals surface area contributed by atoms with Crippen molar-refractivity contribution < 1.29 is 9.59 Å². The number of amides is 2. The van der Waals surface area contributed by atoms with E-state index in [1.165, 1.54) is 5.69 Å². The van der Waals surface area contributed by atoms with Gasteiger partial charge in [-0.1, -0.05) is 24.3 Å². The van der Waals surface area contributed by atoms with Gasteiger partial charge in [-0.25, -0.2) is 0 Å².